The average molecular weight is 203 g/mol. The molecule has 0 heterocycles. The predicted molar refractivity (Wildman–Crippen MR) is 62.8 cm³/mol. The van der Waals surface area contributed by atoms with Crippen LogP contribution in [0.4, 0.5) is 5.69 Å². The van der Waals surface area contributed by atoms with Crippen molar-refractivity contribution in [3.8, 4) is 5.75 Å². The van der Waals surface area contributed by atoms with Crippen molar-refractivity contribution in [1.82, 2.24) is 0 Å². The van der Waals surface area contributed by atoms with Crippen molar-refractivity contribution in [3.63, 3.8) is 0 Å². The third-order valence-corrected chi connectivity index (χ3v) is 3.01. The van der Waals surface area contributed by atoms with Crippen LogP contribution in [0.2, 0.25) is 0 Å². The number of hydrogen-bond acceptors (Lipinski definition) is 2. The number of rotatable bonds is 1. The summed E-state index contributed by atoms with van der Waals surface area (Å²) in [7, 11) is 0. The minimum absolute atomic E-state index is 0.302. The standard InChI is InChI=1S/C13H17NO/c1-10-4-2-3-5-13(10)14-11-6-8-12(15)9-7-11/h6-10,15H,2-5H2,1H3/b14-13+. The van der Waals surface area contributed by atoms with Gasteiger partial charge in [-0.25, -0.2) is 0 Å². The zero-order chi connectivity index (χ0) is 10.7. The van der Waals surface area contributed by atoms with Crippen LogP contribution in [0.1, 0.15) is 32.6 Å². The monoisotopic (exact) mass is 203 g/mol. The van der Waals surface area contributed by atoms with Gasteiger partial charge in [0.1, 0.15) is 5.75 Å². The first-order valence-corrected chi connectivity index (χ1v) is 5.62. The van der Waals surface area contributed by atoms with E-state index in [0.29, 0.717) is 11.7 Å². The highest BCUT2D eigenvalue weighted by atomic mass is 16.3. The van der Waals surface area contributed by atoms with E-state index in [1.165, 1.54) is 25.0 Å². The molecule has 0 amide bonds. The Balaban J connectivity index is 2.17. The maximum Gasteiger partial charge on any atom is 0.115 e. The molecule has 80 valence electrons. The van der Waals surface area contributed by atoms with Crippen LogP contribution < -0.4 is 0 Å². The summed E-state index contributed by atoms with van der Waals surface area (Å²) in [5, 5.41) is 9.17. The SMILES string of the molecule is CC1CCCC/C1=N\c1ccc(O)cc1. The van der Waals surface area contributed by atoms with Gasteiger partial charge in [0.15, 0.2) is 0 Å². The van der Waals surface area contributed by atoms with Crippen molar-refractivity contribution in [2.24, 2.45) is 10.9 Å². The Bertz CT molecular complexity index is 353. The van der Waals surface area contributed by atoms with E-state index in [1.807, 2.05) is 12.1 Å². The number of hydrogen-bond donors (Lipinski definition) is 1. The Morgan fingerprint density at radius 1 is 1.20 bits per heavy atom. The molecule has 1 atom stereocenters. The first-order valence-electron chi connectivity index (χ1n) is 5.62. The summed E-state index contributed by atoms with van der Waals surface area (Å²) < 4.78 is 0. The third-order valence-electron chi connectivity index (χ3n) is 3.01. The summed E-state index contributed by atoms with van der Waals surface area (Å²) in [6, 6.07) is 7.10. The lowest BCUT2D eigenvalue weighted by atomic mass is 9.89. The Morgan fingerprint density at radius 2 is 1.93 bits per heavy atom. The minimum Gasteiger partial charge on any atom is -0.508 e. The van der Waals surface area contributed by atoms with Crippen molar-refractivity contribution in [2.75, 3.05) is 0 Å². The molecule has 1 saturated carbocycles. The molecule has 1 aromatic carbocycles. The quantitative estimate of drug-likeness (QED) is 0.742. The molecule has 2 rings (SSSR count). The highest BCUT2D eigenvalue weighted by molar-refractivity contribution is 5.89. The van der Waals surface area contributed by atoms with E-state index in [0.717, 1.165) is 12.1 Å². The van der Waals surface area contributed by atoms with E-state index in [-0.39, 0.29) is 0 Å². The fraction of sp³-hybridized carbons (Fsp3) is 0.462. The van der Waals surface area contributed by atoms with Gasteiger partial charge in [0.25, 0.3) is 0 Å². The van der Waals surface area contributed by atoms with Gasteiger partial charge in [0.05, 0.1) is 5.69 Å². The Labute approximate surface area is 90.7 Å². The lowest BCUT2D eigenvalue weighted by Gasteiger charge is -2.20. The zero-order valence-electron chi connectivity index (χ0n) is 9.11. The molecule has 1 aliphatic carbocycles. The van der Waals surface area contributed by atoms with E-state index in [1.54, 1.807) is 12.1 Å². The number of phenols is 1. The maximum absolute atomic E-state index is 9.17. The third kappa shape index (κ3) is 2.58. The molecule has 1 aromatic rings. The Morgan fingerprint density at radius 3 is 2.60 bits per heavy atom. The lowest BCUT2D eigenvalue weighted by molar-refractivity contribution is 0.475. The van der Waals surface area contributed by atoms with E-state index in [9.17, 15) is 0 Å². The van der Waals surface area contributed by atoms with Gasteiger partial charge in [-0.05, 0) is 49.4 Å². The number of phenolic OH excluding ortho intramolecular Hbond substituents is 1. The van der Waals surface area contributed by atoms with Crippen molar-refractivity contribution < 1.29 is 5.11 Å². The van der Waals surface area contributed by atoms with Crippen LogP contribution in [0.25, 0.3) is 0 Å². The molecular weight excluding hydrogens is 186 g/mol. The van der Waals surface area contributed by atoms with E-state index < -0.39 is 0 Å². The molecule has 2 heteroatoms. The van der Waals surface area contributed by atoms with Gasteiger partial charge in [0.2, 0.25) is 0 Å². The summed E-state index contributed by atoms with van der Waals surface area (Å²) in [5.74, 6) is 0.920. The number of aromatic hydroxyl groups is 1. The number of aliphatic imine (C=N–C) groups is 1. The molecule has 15 heavy (non-hydrogen) atoms. The second kappa shape index (κ2) is 4.47. The summed E-state index contributed by atoms with van der Waals surface area (Å²) in [4.78, 5) is 4.65. The molecule has 1 fully saturated rings. The van der Waals surface area contributed by atoms with Crippen LogP contribution in [0.5, 0.6) is 5.75 Å². The van der Waals surface area contributed by atoms with Crippen LogP contribution in [0.3, 0.4) is 0 Å². The van der Waals surface area contributed by atoms with Crippen LogP contribution in [0.15, 0.2) is 29.3 Å². The van der Waals surface area contributed by atoms with E-state index in [4.69, 9.17) is 5.11 Å². The summed E-state index contributed by atoms with van der Waals surface area (Å²) >= 11 is 0. The fourth-order valence-electron chi connectivity index (χ4n) is 2.03. The summed E-state index contributed by atoms with van der Waals surface area (Å²) in [5.41, 5.74) is 2.27. The van der Waals surface area contributed by atoms with E-state index in [2.05, 4.69) is 11.9 Å². The van der Waals surface area contributed by atoms with Gasteiger partial charge in [-0.15, -0.1) is 0 Å². The first-order chi connectivity index (χ1) is 7.25. The van der Waals surface area contributed by atoms with Gasteiger partial charge in [-0.3, -0.25) is 4.99 Å². The normalized spacial score (nSPS) is 24.3. The van der Waals surface area contributed by atoms with Crippen molar-refractivity contribution >= 4 is 11.4 Å². The van der Waals surface area contributed by atoms with Crippen molar-refractivity contribution in [2.45, 2.75) is 32.6 Å². The van der Waals surface area contributed by atoms with E-state index >= 15 is 0 Å². The van der Waals surface area contributed by atoms with Crippen LogP contribution in [0, 0.1) is 5.92 Å². The first kappa shape index (κ1) is 10.2. The predicted octanol–water partition coefficient (Wildman–Crippen LogP) is 3.67. The topological polar surface area (TPSA) is 32.6 Å². The maximum atomic E-state index is 9.17. The molecule has 0 spiro atoms. The molecule has 0 saturated heterocycles. The summed E-state index contributed by atoms with van der Waals surface area (Å²) in [6.07, 6.45) is 4.98. The van der Waals surface area contributed by atoms with Crippen LogP contribution >= 0.6 is 0 Å². The van der Waals surface area contributed by atoms with Gasteiger partial charge in [0, 0.05) is 5.71 Å². The highest BCUT2D eigenvalue weighted by Crippen LogP contribution is 2.25. The molecule has 1 aliphatic rings. The molecule has 0 radical (unpaired) electrons. The smallest absolute Gasteiger partial charge is 0.115 e. The highest BCUT2D eigenvalue weighted by Gasteiger charge is 2.15. The minimum atomic E-state index is 0.302. The van der Waals surface area contributed by atoms with Gasteiger partial charge < -0.3 is 5.11 Å². The Hall–Kier alpha value is -1.31. The fourth-order valence-corrected chi connectivity index (χ4v) is 2.03. The summed E-state index contributed by atoms with van der Waals surface area (Å²) in [6.45, 7) is 2.25. The second-order valence-corrected chi connectivity index (χ2v) is 4.27. The van der Waals surface area contributed by atoms with Crippen molar-refractivity contribution in [3.05, 3.63) is 24.3 Å². The Kier molecular flexibility index (Phi) is 3.05. The van der Waals surface area contributed by atoms with Crippen LogP contribution in [-0.4, -0.2) is 10.8 Å². The second-order valence-electron chi connectivity index (χ2n) is 4.27. The number of benzene rings is 1. The van der Waals surface area contributed by atoms with Crippen LogP contribution in [-0.2, 0) is 0 Å². The molecule has 2 nitrogen and oxygen atoms in total. The van der Waals surface area contributed by atoms with Gasteiger partial charge in [-0.1, -0.05) is 13.3 Å². The van der Waals surface area contributed by atoms with Gasteiger partial charge >= 0.3 is 0 Å². The molecule has 1 unspecified atom stereocenters. The molecule has 0 aliphatic heterocycles. The lowest BCUT2D eigenvalue weighted by Crippen LogP contribution is -2.15. The molecule has 1 N–H and O–H groups in total. The van der Waals surface area contributed by atoms with Gasteiger partial charge in [-0.2, -0.15) is 0 Å². The molecular formula is C13H17NO. The average Bonchev–Trinajstić information content (AvgIpc) is 2.25. The number of nitrogens with zero attached hydrogens (tertiary/aromatic N) is 1. The molecule has 0 aromatic heterocycles. The van der Waals surface area contributed by atoms with Crippen molar-refractivity contribution in [1.29, 1.82) is 0 Å². The largest absolute Gasteiger partial charge is 0.508 e. The zero-order valence-corrected chi connectivity index (χ0v) is 9.11. The molecule has 0 bridgehead atoms.